The number of ether oxygens (including phenoxy) is 2. The number of rotatable bonds is 6. The van der Waals surface area contributed by atoms with E-state index in [-0.39, 0.29) is 24.6 Å². The lowest BCUT2D eigenvalue weighted by atomic mass is 9.89. The van der Waals surface area contributed by atoms with Crippen molar-refractivity contribution in [3.63, 3.8) is 0 Å². The fourth-order valence-corrected chi connectivity index (χ4v) is 5.38. The van der Waals surface area contributed by atoms with Crippen molar-refractivity contribution < 1.29 is 27.4 Å². The van der Waals surface area contributed by atoms with Crippen LogP contribution >= 0.6 is 22.9 Å². The number of thiazole rings is 1. The Bertz CT molecular complexity index is 1400. The topological polar surface area (TPSA) is 108 Å². The normalized spacial score (nSPS) is 21.3. The molecule has 1 aromatic carbocycles. The van der Waals surface area contributed by atoms with Crippen LogP contribution in [0.5, 0.6) is 0 Å². The van der Waals surface area contributed by atoms with Gasteiger partial charge in [0.2, 0.25) is 0 Å². The average molecular weight is 553 g/mol. The van der Waals surface area contributed by atoms with Crippen LogP contribution in [0.15, 0.2) is 52.9 Å². The number of aliphatic imine (C=N–C) groups is 1. The number of methoxy groups -OCH3 is 1. The van der Waals surface area contributed by atoms with Crippen LogP contribution in [0.1, 0.15) is 35.1 Å². The van der Waals surface area contributed by atoms with E-state index in [0.29, 0.717) is 37.9 Å². The van der Waals surface area contributed by atoms with Crippen LogP contribution in [0.25, 0.3) is 5.57 Å². The predicted molar refractivity (Wildman–Crippen MR) is 130 cm³/mol. The summed E-state index contributed by atoms with van der Waals surface area (Å²) in [6, 6.07) is 3.11. The van der Waals surface area contributed by atoms with Crippen LogP contribution in [-0.2, 0) is 9.47 Å². The molecule has 0 aliphatic carbocycles. The Morgan fingerprint density at radius 2 is 2.22 bits per heavy atom. The summed E-state index contributed by atoms with van der Waals surface area (Å²) < 4.78 is 51.0. The van der Waals surface area contributed by atoms with Gasteiger partial charge in [0.05, 0.1) is 18.8 Å². The van der Waals surface area contributed by atoms with Crippen LogP contribution in [0.4, 0.5) is 18.0 Å². The third-order valence-corrected chi connectivity index (χ3v) is 7.14. The van der Waals surface area contributed by atoms with Crippen LogP contribution in [0.2, 0.25) is 5.02 Å². The number of hydrogen-bond acceptors (Lipinski definition) is 9. The summed E-state index contributed by atoms with van der Waals surface area (Å²) in [7, 11) is 1.19. The zero-order valence-electron chi connectivity index (χ0n) is 19.3. The summed E-state index contributed by atoms with van der Waals surface area (Å²) in [5.41, 5.74) is 7.60. The monoisotopic (exact) mass is 552 g/mol. The minimum absolute atomic E-state index is 0.117. The van der Waals surface area contributed by atoms with Gasteiger partial charge in [-0.05, 0) is 17.7 Å². The van der Waals surface area contributed by atoms with E-state index in [1.165, 1.54) is 49.0 Å². The van der Waals surface area contributed by atoms with E-state index < -0.39 is 30.1 Å². The molecule has 194 valence electrons. The zero-order chi connectivity index (χ0) is 26.3. The van der Waals surface area contributed by atoms with Crippen molar-refractivity contribution in [1.82, 2.24) is 19.7 Å². The van der Waals surface area contributed by atoms with Crippen LogP contribution in [0.3, 0.4) is 0 Å². The van der Waals surface area contributed by atoms with Crippen molar-refractivity contribution in [2.24, 2.45) is 10.7 Å². The van der Waals surface area contributed by atoms with Crippen molar-refractivity contribution in [1.29, 1.82) is 0 Å². The number of hydrogen-bond donors (Lipinski definition) is 1. The van der Waals surface area contributed by atoms with Gasteiger partial charge in [-0.15, -0.1) is 11.3 Å². The minimum Gasteiger partial charge on any atom is -0.438 e. The quantitative estimate of drug-likeness (QED) is 0.444. The highest BCUT2D eigenvalue weighted by molar-refractivity contribution is 7.11. The molecule has 0 spiro atoms. The van der Waals surface area contributed by atoms with E-state index in [1.807, 2.05) is 4.90 Å². The lowest BCUT2D eigenvalue weighted by Crippen LogP contribution is -2.48. The van der Waals surface area contributed by atoms with Gasteiger partial charge >= 0.3 is 12.7 Å². The molecule has 4 heterocycles. The molecule has 14 heteroatoms. The Morgan fingerprint density at radius 1 is 1.41 bits per heavy atom. The van der Waals surface area contributed by atoms with E-state index in [1.54, 1.807) is 11.6 Å². The molecule has 2 N–H and O–H groups in total. The second kappa shape index (κ2) is 9.80. The maximum absolute atomic E-state index is 13.9. The van der Waals surface area contributed by atoms with Crippen molar-refractivity contribution in [2.75, 3.05) is 20.3 Å². The fraction of sp³-hybridized carbons (Fsp3) is 0.304. The third kappa shape index (κ3) is 4.81. The van der Waals surface area contributed by atoms with Gasteiger partial charge in [0.15, 0.2) is 10.8 Å². The highest BCUT2D eigenvalue weighted by Gasteiger charge is 2.46. The molecule has 2 aromatic heterocycles. The summed E-state index contributed by atoms with van der Waals surface area (Å²) in [6.45, 7) is -2.84. The molecule has 0 amide bonds. The molecule has 0 radical (unpaired) electrons. The first-order valence-corrected chi connectivity index (χ1v) is 12.2. The third-order valence-electron chi connectivity index (χ3n) is 6.05. The standard InChI is InChI=1S/C23H20ClF3N6O3S/c1-35-22(34)36-11-23(28)7-16-17(12-8-30-33(9-12)21(26)27)18(14-3-2-13(25)6-15(14)24)31-19(32(16)10-23)20-29-4-5-37-20/h2-6,8-9,18,21H,7,10-11,28H2,1H3/t18-,23-/m0/s1. The van der Waals surface area contributed by atoms with Crippen molar-refractivity contribution in [2.45, 2.75) is 24.6 Å². The number of carbonyl (C=O) groups excluding carboxylic acids is 1. The van der Waals surface area contributed by atoms with Gasteiger partial charge in [0.1, 0.15) is 18.5 Å². The number of halogens is 4. The lowest BCUT2D eigenvalue weighted by Gasteiger charge is -2.32. The number of amidine groups is 1. The molecule has 0 bridgehead atoms. The SMILES string of the molecule is COC(=O)OC[C@]1(N)CC2=C(c3cnn(C(F)F)c3)[C@H](c3ccc(F)cc3Cl)N=C(c3nccs3)N2C1. The highest BCUT2D eigenvalue weighted by atomic mass is 35.5. The Morgan fingerprint density at radius 3 is 2.86 bits per heavy atom. The van der Waals surface area contributed by atoms with Gasteiger partial charge in [0, 0.05) is 52.6 Å². The average Bonchev–Trinajstić information content (AvgIpc) is 3.62. The summed E-state index contributed by atoms with van der Waals surface area (Å²) in [5, 5.41) is 6.28. The molecule has 37 heavy (non-hydrogen) atoms. The highest BCUT2D eigenvalue weighted by Crippen LogP contribution is 2.48. The van der Waals surface area contributed by atoms with Crippen LogP contribution < -0.4 is 5.73 Å². The second-order valence-electron chi connectivity index (χ2n) is 8.57. The van der Waals surface area contributed by atoms with E-state index in [4.69, 9.17) is 27.1 Å². The summed E-state index contributed by atoms with van der Waals surface area (Å²) in [5.74, 6) is -0.0531. The van der Waals surface area contributed by atoms with Crippen molar-refractivity contribution >= 4 is 40.5 Å². The number of carbonyl (C=O) groups is 1. The molecular weight excluding hydrogens is 533 g/mol. The first kappa shape index (κ1) is 25.2. The zero-order valence-corrected chi connectivity index (χ0v) is 20.8. The van der Waals surface area contributed by atoms with E-state index in [0.717, 1.165) is 0 Å². The van der Waals surface area contributed by atoms with Gasteiger partial charge in [-0.2, -0.15) is 13.9 Å². The molecule has 9 nitrogen and oxygen atoms in total. The van der Waals surface area contributed by atoms with E-state index in [9.17, 15) is 18.0 Å². The molecule has 1 fully saturated rings. The maximum Gasteiger partial charge on any atom is 0.508 e. The minimum atomic E-state index is -2.85. The summed E-state index contributed by atoms with van der Waals surface area (Å²) >= 11 is 7.80. The van der Waals surface area contributed by atoms with Gasteiger partial charge in [-0.25, -0.2) is 18.9 Å². The number of benzene rings is 1. The van der Waals surface area contributed by atoms with Crippen LogP contribution in [-0.4, -0.2) is 57.5 Å². The molecule has 2 atom stereocenters. The van der Waals surface area contributed by atoms with Crippen molar-refractivity contribution in [3.8, 4) is 0 Å². The molecule has 2 aliphatic heterocycles. The van der Waals surface area contributed by atoms with Gasteiger partial charge in [0.25, 0.3) is 0 Å². The van der Waals surface area contributed by atoms with Gasteiger partial charge < -0.3 is 20.1 Å². The number of nitrogens with zero attached hydrogens (tertiary/aromatic N) is 5. The number of alkyl halides is 2. The van der Waals surface area contributed by atoms with Gasteiger partial charge in [-0.1, -0.05) is 17.7 Å². The molecular formula is C23H20ClF3N6O3S. The fourth-order valence-electron chi connectivity index (χ4n) is 4.47. The molecule has 1 saturated heterocycles. The first-order valence-electron chi connectivity index (χ1n) is 10.9. The number of aromatic nitrogens is 3. The number of nitrogens with two attached hydrogens (primary N) is 1. The molecule has 0 unspecified atom stereocenters. The Balaban J connectivity index is 1.69. The first-order chi connectivity index (χ1) is 17.7. The Kier molecular flexibility index (Phi) is 6.68. The van der Waals surface area contributed by atoms with E-state index >= 15 is 0 Å². The van der Waals surface area contributed by atoms with E-state index in [2.05, 4.69) is 14.8 Å². The lowest BCUT2D eigenvalue weighted by molar-refractivity contribution is 0.0556. The summed E-state index contributed by atoms with van der Waals surface area (Å²) in [6.07, 6.45) is 3.45. The Labute approximate surface area is 218 Å². The predicted octanol–water partition coefficient (Wildman–Crippen LogP) is 4.63. The molecule has 2 aliphatic rings. The number of fused-ring (bicyclic) bond motifs is 1. The Hall–Kier alpha value is -3.42. The second-order valence-corrected chi connectivity index (χ2v) is 9.88. The smallest absolute Gasteiger partial charge is 0.438 e. The molecule has 3 aromatic rings. The van der Waals surface area contributed by atoms with Gasteiger partial charge in [-0.3, -0.25) is 4.99 Å². The van der Waals surface area contributed by atoms with Crippen molar-refractivity contribution in [3.05, 3.63) is 74.8 Å². The summed E-state index contributed by atoms with van der Waals surface area (Å²) in [4.78, 5) is 22.8. The molecule has 0 saturated carbocycles. The maximum atomic E-state index is 13.9. The van der Waals surface area contributed by atoms with Crippen LogP contribution in [0, 0.1) is 5.82 Å². The largest absolute Gasteiger partial charge is 0.508 e. The molecule has 5 rings (SSSR count).